The molecule has 1 N–H and O–H groups in total. The second-order valence-corrected chi connectivity index (χ2v) is 6.98. The van der Waals surface area contributed by atoms with Crippen LogP contribution in [0, 0.1) is 11.3 Å². The van der Waals surface area contributed by atoms with Crippen LogP contribution in [-0.2, 0) is 0 Å². The lowest BCUT2D eigenvalue weighted by molar-refractivity contribution is 0.415. The molecule has 0 bridgehead atoms. The van der Waals surface area contributed by atoms with Crippen molar-refractivity contribution in [2.45, 2.75) is 24.8 Å². The molecular weight excluding hydrogens is 346 g/mol. The van der Waals surface area contributed by atoms with E-state index in [0.29, 0.717) is 17.7 Å². The lowest BCUT2D eigenvalue weighted by Gasteiger charge is -2.08. The number of methoxy groups -OCH3 is 1. The molecule has 0 saturated heterocycles. The van der Waals surface area contributed by atoms with Crippen molar-refractivity contribution < 1.29 is 4.74 Å². The fourth-order valence-corrected chi connectivity index (χ4v) is 3.46. The predicted octanol–water partition coefficient (Wildman–Crippen LogP) is 3.84. The smallest absolute Gasteiger partial charge is 0.223 e. The van der Waals surface area contributed by atoms with E-state index < -0.39 is 5.92 Å². The largest absolute Gasteiger partial charge is 0.497 e. The summed E-state index contributed by atoms with van der Waals surface area (Å²) in [6.07, 6.45) is 3.98. The number of nitrogens with one attached hydrogen (secondary N) is 1. The highest BCUT2D eigenvalue weighted by atomic mass is 32.1. The number of nitrogens with zero attached hydrogens (tertiary/aromatic N) is 4. The minimum absolute atomic E-state index is 0.465. The first-order valence-corrected chi connectivity index (χ1v) is 9.23. The first kappa shape index (κ1) is 16.5. The first-order chi connectivity index (χ1) is 12.8. The van der Waals surface area contributed by atoms with E-state index >= 15 is 0 Å². The van der Waals surface area contributed by atoms with Gasteiger partial charge in [-0.05, 0) is 43.2 Å². The maximum absolute atomic E-state index is 9.69. The lowest BCUT2D eigenvalue weighted by Crippen LogP contribution is -2.08. The second-order valence-electron chi connectivity index (χ2n) is 6.09. The summed E-state index contributed by atoms with van der Waals surface area (Å²) in [5.74, 6) is 0.878. The van der Waals surface area contributed by atoms with Crippen molar-refractivity contribution >= 4 is 17.3 Å². The minimum atomic E-state index is -0.505. The number of nitriles is 1. The van der Waals surface area contributed by atoms with Crippen molar-refractivity contribution in [2.24, 2.45) is 0 Å². The van der Waals surface area contributed by atoms with Crippen LogP contribution in [0.4, 0.5) is 5.95 Å². The zero-order valence-electron chi connectivity index (χ0n) is 14.2. The second kappa shape index (κ2) is 7.10. The van der Waals surface area contributed by atoms with Crippen LogP contribution in [0.5, 0.6) is 5.75 Å². The summed E-state index contributed by atoms with van der Waals surface area (Å²) in [5, 5.41) is 15.6. The van der Waals surface area contributed by atoms with Crippen LogP contribution in [0.1, 0.15) is 29.5 Å². The molecule has 1 aliphatic carbocycles. The summed E-state index contributed by atoms with van der Waals surface area (Å²) in [7, 11) is 1.64. The molecule has 2 aromatic heterocycles. The molecule has 2 heterocycles. The number of rotatable bonds is 6. The molecule has 7 heteroatoms. The van der Waals surface area contributed by atoms with Gasteiger partial charge >= 0.3 is 0 Å². The summed E-state index contributed by atoms with van der Waals surface area (Å²) in [5.41, 5.74) is 2.50. The molecule has 1 unspecified atom stereocenters. The Hall–Kier alpha value is -2.98. The minimum Gasteiger partial charge on any atom is -0.497 e. The summed E-state index contributed by atoms with van der Waals surface area (Å²) in [6, 6.07) is 12.3. The Morgan fingerprint density at radius 2 is 2.04 bits per heavy atom. The summed E-state index contributed by atoms with van der Waals surface area (Å²) in [6.45, 7) is 0. The molecule has 1 fully saturated rings. The van der Waals surface area contributed by atoms with E-state index in [9.17, 15) is 5.26 Å². The van der Waals surface area contributed by atoms with Gasteiger partial charge in [0.1, 0.15) is 16.7 Å². The third kappa shape index (κ3) is 3.51. The van der Waals surface area contributed by atoms with Gasteiger partial charge < -0.3 is 10.1 Å². The van der Waals surface area contributed by atoms with E-state index in [1.807, 2.05) is 29.6 Å². The van der Waals surface area contributed by atoms with E-state index in [4.69, 9.17) is 4.74 Å². The van der Waals surface area contributed by atoms with Gasteiger partial charge in [0.05, 0.1) is 24.6 Å². The summed E-state index contributed by atoms with van der Waals surface area (Å²) >= 11 is 1.47. The molecule has 0 amide bonds. The van der Waals surface area contributed by atoms with Gasteiger partial charge in [-0.1, -0.05) is 0 Å². The summed E-state index contributed by atoms with van der Waals surface area (Å²) < 4.78 is 5.19. The van der Waals surface area contributed by atoms with Crippen LogP contribution in [0.3, 0.4) is 0 Å². The van der Waals surface area contributed by atoms with E-state index in [0.717, 1.165) is 34.9 Å². The monoisotopic (exact) mass is 363 g/mol. The Morgan fingerprint density at radius 1 is 1.23 bits per heavy atom. The van der Waals surface area contributed by atoms with Crippen LogP contribution in [0.25, 0.3) is 11.3 Å². The molecule has 3 aromatic rings. The normalized spacial score (nSPS) is 14.5. The zero-order chi connectivity index (χ0) is 17.9. The van der Waals surface area contributed by atoms with E-state index in [1.165, 1.54) is 11.3 Å². The first-order valence-electron chi connectivity index (χ1n) is 8.36. The van der Waals surface area contributed by atoms with E-state index in [-0.39, 0.29) is 0 Å². The topological polar surface area (TPSA) is 83.7 Å². The van der Waals surface area contributed by atoms with Crippen molar-refractivity contribution in [1.82, 2.24) is 15.0 Å². The molecule has 1 saturated carbocycles. The molecule has 1 aromatic carbocycles. The fraction of sp³-hybridized carbons (Fsp3) is 0.263. The van der Waals surface area contributed by atoms with Gasteiger partial charge in [-0.15, -0.1) is 11.3 Å². The van der Waals surface area contributed by atoms with Gasteiger partial charge in [0.2, 0.25) is 5.95 Å². The third-order valence-electron chi connectivity index (χ3n) is 4.17. The number of benzene rings is 1. The van der Waals surface area contributed by atoms with Crippen LogP contribution >= 0.6 is 11.3 Å². The van der Waals surface area contributed by atoms with Gasteiger partial charge in [-0.2, -0.15) is 5.26 Å². The molecular formula is C19H17N5OS. The van der Waals surface area contributed by atoms with Gasteiger partial charge in [-0.25, -0.2) is 15.0 Å². The van der Waals surface area contributed by atoms with Crippen molar-refractivity contribution in [2.75, 3.05) is 12.4 Å². The van der Waals surface area contributed by atoms with E-state index in [1.54, 1.807) is 19.4 Å². The van der Waals surface area contributed by atoms with Crippen LogP contribution in [0.15, 0.2) is 41.9 Å². The third-order valence-corrected chi connectivity index (χ3v) is 5.08. The molecule has 26 heavy (non-hydrogen) atoms. The zero-order valence-corrected chi connectivity index (χ0v) is 15.0. The molecule has 1 atom stereocenters. The van der Waals surface area contributed by atoms with Gasteiger partial charge in [-0.3, -0.25) is 0 Å². The lowest BCUT2D eigenvalue weighted by atomic mass is 10.1. The highest BCUT2D eigenvalue weighted by Gasteiger charge is 2.24. The molecule has 0 radical (unpaired) electrons. The number of thiazole rings is 1. The standard InChI is InChI=1S/C19H17N5OS/c1-25-14-6-2-12(3-7-14)17-11-26-18(23-17)15(10-20)16-8-9-21-19(24-16)22-13-4-5-13/h2-3,6-9,11,13,15H,4-5H2,1H3,(H,21,22,24). The highest BCUT2D eigenvalue weighted by Crippen LogP contribution is 2.31. The highest BCUT2D eigenvalue weighted by molar-refractivity contribution is 7.10. The average molecular weight is 363 g/mol. The van der Waals surface area contributed by atoms with Gasteiger partial charge in [0.15, 0.2) is 0 Å². The maximum atomic E-state index is 9.69. The van der Waals surface area contributed by atoms with Crippen LogP contribution in [0.2, 0.25) is 0 Å². The predicted molar refractivity (Wildman–Crippen MR) is 100 cm³/mol. The Bertz CT molecular complexity index is 943. The van der Waals surface area contributed by atoms with E-state index in [2.05, 4.69) is 26.3 Å². The van der Waals surface area contributed by atoms with Crippen molar-refractivity contribution in [1.29, 1.82) is 5.26 Å². The molecule has 6 nitrogen and oxygen atoms in total. The molecule has 130 valence electrons. The Kier molecular flexibility index (Phi) is 4.50. The average Bonchev–Trinajstić information content (AvgIpc) is 3.36. The molecule has 0 aliphatic heterocycles. The summed E-state index contributed by atoms with van der Waals surface area (Å²) in [4.78, 5) is 13.4. The van der Waals surface area contributed by atoms with Crippen molar-refractivity contribution in [3.63, 3.8) is 0 Å². The van der Waals surface area contributed by atoms with Gasteiger partial charge in [0, 0.05) is 23.2 Å². The van der Waals surface area contributed by atoms with Crippen molar-refractivity contribution in [3.05, 3.63) is 52.6 Å². The number of hydrogen-bond donors (Lipinski definition) is 1. The number of aromatic nitrogens is 3. The SMILES string of the molecule is COc1ccc(-c2csc(C(C#N)c3ccnc(NC4CC4)n3)n2)cc1. The Labute approximate surface area is 155 Å². The van der Waals surface area contributed by atoms with Crippen LogP contribution < -0.4 is 10.1 Å². The van der Waals surface area contributed by atoms with Gasteiger partial charge in [0.25, 0.3) is 0 Å². The van der Waals surface area contributed by atoms with Crippen molar-refractivity contribution in [3.8, 4) is 23.1 Å². The molecule has 0 spiro atoms. The molecule has 1 aliphatic rings. The Morgan fingerprint density at radius 3 is 2.73 bits per heavy atom. The maximum Gasteiger partial charge on any atom is 0.223 e. The molecule has 4 rings (SSSR count). The Balaban J connectivity index is 1.59. The number of ether oxygens (including phenoxy) is 1. The quantitative estimate of drug-likeness (QED) is 0.716. The number of hydrogen-bond acceptors (Lipinski definition) is 7. The number of anilines is 1. The van der Waals surface area contributed by atoms with Crippen LogP contribution in [-0.4, -0.2) is 28.1 Å². The fourth-order valence-electron chi connectivity index (χ4n) is 2.58.